The lowest BCUT2D eigenvalue weighted by Crippen LogP contribution is -2.12. The Balaban J connectivity index is 1.97. The summed E-state index contributed by atoms with van der Waals surface area (Å²) in [5.41, 5.74) is 8.38. The van der Waals surface area contributed by atoms with E-state index in [1.54, 1.807) is 18.4 Å². The third-order valence-electron chi connectivity index (χ3n) is 5.49. The smallest absolute Gasteiger partial charge is 0.134 e. The van der Waals surface area contributed by atoms with Crippen molar-refractivity contribution in [2.24, 2.45) is 4.99 Å². The van der Waals surface area contributed by atoms with E-state index in [1.165, 1.54) is 12.1 Å². The Kier molecular flexibility index (Phi) is 8.10. The molecule has 0 saturated heterocycles. The van der Waals surface area contributed by atoms with E-state index in [9.17, 15) is 4.39 Å². The number of pyridine rings is 1. The van der Waals surface area contributed by atoms with E-state index < -0.39 is 0 Å². The lowest BCUT2D eigenvalue weighted by Gasteiger charge is -2.16. The van der Waals surface area contributed by atoms with E-state index in [4.69, 9.17) is 4.98 Å². The van der Waals surface area contributed by atoms with Crippen molar-refractivity contribution in [3.63, 3.8) is 0 Å². The molecule has 35 heavy (non-hydrogen) atoms. The highest BCUT2D eigenvalue weighted by Gasteiger charge is 2.15. The summed E-state index contributed by atoms with van der Waals surface area (Å²) < 4.78 is 14.1. The summed E-state index contributed by atoms with van der Waals surface area (Å²) in [7, 11) is 0. The van der Waals surface area contributed by atoms with Gasteiger partial charge in [0.05, 0.1) is 22.6 Å². The fourth-order valence-electron chi connectivity index (χ4n) is 3.70. The number of allylic oxidation sites excluding steroid dienone is 7. The van der Waals surface area contributed by atoms with E-state index in [0.29, 0.717) is 16.9 Å². The minimum Gasteiger partial charge on any atom is -0.358 e. The summed E-state index contributed by atoms with van der Waals surface area (Å²) in [5.74, 6) is -0.277. The zero-order valence-corrected chi connectivity index (χ0v) is 20.6. The highest BCUT2D eigenvalue weighted by Crippen LogP contribution is 2.28. The molecule has 0 fully saturated rings. The molecule has 178 valence electrons. The van der Waals surface area contributed by atoms with Crippen LogP contribution in [0.25, 0.3) is 28.0 Å². The summed E-state index contributed by atoms with van der Waals surface area (Å²) in [4.78, 5) is 9.16. The summed E-state index contributed by atoms with van der Waals surface area (Å²) >= 11 is 0. The van der Waals surface area contributed by atoms with E-state index in [-0.39, 0.29) is 5.82 Å². The molecule has 0 radical (unpaired) electrons. The molecule has 5 nitrogen and oxygen atoms in total. The number of nitrogens with one attached hydrogen (secondary N) is 2. The molecule has 2 aromatic heterocycles. The quantitative estimate of drug-likeness (QED) is 0.259. The Hall–Kier alpha value is -4.32. The predicted molar refractivity (Wildman–Crippen MR) is 146 cm³/mol. The van der Waals surface area contributed by atoms with Gasteiger partial charge in [0.1, 0.15) is 17.0 Å². The monoisotopic (exact) mass is 467 g/mol. The highest BCUT2D eigenvalue weighted by molar-refractivity contribution is 5.89. The molecule has 0 aliphatic heterocycles. The molecule has 6 heteroatoms. The van der Waals surface area contributed by atoms with Crippen molar-refractivity contribution in [1.82, 2.24) is 20.5 Å². The van der Waals surface area contributed by atoms with E-state index in [1.807, 2.05) is 58.0 Å². The lowest BCUT2D eigenvalue weighted by atomic mass is 9.95. The van der Waals surface area contributed by atoms with Gasteiger partial charge in [-0.15, -0.1) is 0 Å². The fourth-order valence-corrected chi connectivity index (χ4v) is 3.70. The van der Waals surface area contributed by atoms with E-state index in [2.05, 4.69) is 40.2 Å². The summed E-state index contributed by atoms with van der Waals surface area (Å²) in [6.45, 7) is 19.4. The van der Waals surface area contributed by atoms with Crippen LogP contribution in [0, 0.1) is 12.7 Å². The Labute approximate surface area is 205 Å². The number of hydrogen-bond acceptors (Lipinski definition) is 4. The minimum absolute atomic E-state index is 0.277. The van der Waals surface area contributed by atoms with Gasteiger partial charge in [0.25, 0.3) is 0 Å². The maximum atomic E-state index is 14.1. The average molecular weight is 468 g/mol. The van der Waals surface area contributed by atoms with Gasteiger partial charge in [-0.05, 0) is 74.2 Å². The van der Waals surface area contributed by atoms with Gasteiger partial charge in [-0.3, -0.25) is 10.1 Å². The molecule has 3 rings (SSSR count). The molecular formula is C29H30FN5. The van der Waals surface area contributed by atoms with Crippen molar-refractivity contribution in [3.8, 4) is 0 Å². The minimum atomic E-state index is -0.277. The van der Waals surface area contributed by atoms with Gasteiger partial charge in [0.2, 0.25) is 0 Å². The second kappa shape index (κ2) is 11.2. The molecule has 3 aromatic rings. The van der Waals surface area contributed by atoms with Crippen molar-refractivity contribution >= 4 is 34.2 Å². The van der Waals surface area contributed by atoms with Crippen LogP contribution in [-0.2, 0) is 0 Å². The normalized spacial score (nSPS) is 13.2. The summed E-state index contributed by atoms with van der Waals surface area (Å²) in [6, 6.07) is 8.78. The van der Waals surface area contributed by atoms with E-state index in [0.717, 1.165) is 44.9 Å². The molecule has 0 bridgehead atoms. The highest BCUT2D eigenvalue weighted by atomic mass is 19.1. The number of rotatable bonds is 9. The van der Waals surface area contributed by atoms with Gasteiger partial charge in [0.15, 0.2) is 0 Å². The van der Waals surface area contributed by atoms with Gasteiger partial charge in [-0.1, -0.05) is 50.1 Å². The molecule has 2 heterocycles. The Morgan fingerprint density at radius 2 is 1.91 bits per heavy atom. The Bertz CT molecular complexity index is 1400. The zero-order chi connectivity index (χ0) is 25.5. The van der Waals surface area contributed by atoms with Gasteiger partial charge in [-0.2, -0.15) is 5.10 Å². The van der Waals surface area contributed by atoms with Crippen molar-refractivity contribution in [2.45, 2.75) is 27.7 Å². The van der Waals surface area contributed by atoms with Crippen LogP contribution in [-0.4, -0.2) is 21.4 Å². The first-order chi connectivity index (χ1) is 16.8. The molecule has 0 aliphatic rings. The number of aromatic nitrogens is 3. The number of H-pyrrole nitrogens is 1. The second-order valence-corrected chi connectivity index (χ2v) is 8.04. The van der Waals surface area contributed by atoms with Gasteiger partial charge >= 0.3 is 0 Å². The van der Waals surface area contributed by atoms with Crippen LogP contribution in [0.4, 0.5) is 4.39 Å². The first kappa shape index (κ1) is 25.3. The van der Waals surface area contributed by atoms with Gasteiger partial charge in [0, 0.05) is 11.9 Å². The Morgan fingerprint density at radius 3 is 2.57 bits per heavy atom. The van der Waals surface area contributed by atoms with Crippen molar-refractivity contribution in [3.05, 3.63) is 114 Å². The molecule has 0 saturated carbocycles. The van der Waals surface area contributed by atoms with Gasteiger partial charge < -0.3 is 5.32 Å². The largest absolute Gasteiger partial charge is 0.358 e. The van der Waals surface area contributed by atoms with Crippen LogP contribution in [0.15, 0.2) is 90.6 Å². The van der Waals surface area contributed by atoms with E-state index >= 15 is 0 Å². The van der Waals surface area contributed by atoms with Crippen LogP contribution < -0.4 is 5.32 Å². The number of halogens is 1. The van der Waals surface area contributed by atoms with Crippen LogP contribution >= 0.6 is 0 Å². The molecule has 0 unspecified atom stereocenters. The number of aromatic amines is 1. The average Bonchev–Trinajstić information content (AvgIpc) is 3.25. The van der Waals surface area contributed by atoms with Crippen LogP contribution in [0.3, 0.4) is 0 Å². The number of aryl methyl sites for hydroxylation is 1. The second-order valence-electron chi connectivity index (χ2n) is 8.04. The molecule has 0 amide bonds. The van der Waals surface area contributed by atoms with Crippen LogP contribution in [0.1, 0.15) is 43.3 Å². The van der Waals surface area contributed by atoms with Crippen molar-refractivity contribution in [1.29, 1.82) is 0 Å². The van der Waals surface area contributed by atoms with Crippen molar-refractivity contribution < 1.29 is 4.39 Å². The lowest BCUT2D eigenvalue weighted by molar-refractivity contribution is 0.626. The van der Waals surface area contributed by atoms with Crippen LogP contribution in [0.5, 0.6) is 0 Å². The fraction of sp³-hybridized carbons (Fsp3) is 0.138. The first-order valence-corrected chi connectivity index (χ1v) is 11.2. The molecular weight excluding hydrogens is 437 g/mol. The topological polar surface area (TPSA) is 66.0 Å². The maximum Gasteiger partial charge on any atom is 0.134 e. The number of hydrogen-bond donors (Lipinski definition) is 2. The summed E-state index contributed by atoms with van der Waals surface area (Å²) in [5, 5.41) is 10.8. The van der Waals surface area contributed by atoms with Crippen LogP contribution in [0.2, 0.25) is 0 Å². The number of aliphatic imine (C=N–C) groups is 1. The predicted octanol–water partition coefficient (Wildman–Crippen LogP) is 7.15. The molecule has 0 aliphatic carbocycles. The SMILES string of the molecule is C=CC=N/C(=C\C)c1ccc2[nH]nc(C(=C)N/C(C)=C(C)/C(=C\C=C)c3cc(C)cc(F)c3)c2n1. The third kappa shape index (κ3) is 5.79. The maximum absolute atomic E-state index is 14.1. The molecule has 1 aromatic carbocycles. The summed E-state index contributed by atoms with van der Waals surface area (Å²) in [6.07, 6.45) is 8.70. The standard InChI is InChI=1S/C29H30FN5/c1-8-11-24(22-15-18(4)16-23(30)17-22)19(5)20(6)32-21(7)28-29-27(34-35-28)13-12-26(33-29)25(10-3)31-14-9-2/h8-17,32H,1-2,7H2,3-6H3,(H,34,35)/b20-19+,24-11+,25-10-,31-14?. The molecule has 0 spiro atoms. The number of fused-ring (bicyclic) bond motifs is 1. The molecule has 0 atom stereocenters. The van der Waals surface area contributed by atoms with Crippen molar-refractivity contribution in [2.75, 3.05) is 0 Å². The number of nitrogens with zero attached hydrogens (tertiary/aromatic N) is 3. The third-order valence-corrected chi connectivity index (χ3v) is 5.49. The first-order valence-electron chi connectivity index (χ1n) is 11.2. The zero-order valence-electron chi connectivity index (χ0n) is 20.6. The Morgan fingerprint density at radius 1 is 1.14 bits per heavy atom. The van der Waals surface area contributed by atoms with Gasteiger partial charge in [-0.25, -0.2) is 9.37 Å². The molecule has 2 N–H and O–H groups in total. The number of benzene rings is 1.